The normalized spacial score (nSPS) is 12.2. The maximum atomic E-state index is 11.0. The number of rotatable bonds is 5. The number of amides is 1. The molecule has 1 aromatic rings. The van der Waals surface area contributed by atoms with E-state index >= 15 is 0 Å². The van der Waals surface area contributed by atoms with Crippen LogP contribution in [0.3, 0.4) is 0 Å². The summed E-state index contributed by atoms with van der Waals surface area (Å²) in [5.41, 5.74) is 8.14. The van der Waals surface area contributed by atoms with Crippen molar-refractivity contribution >= 4 is 18.6 Å². The summed E-state index contributed by atoms with van der Waals surface area (Å²) in [6.07, 6.45) is 10.2. The molecule has 0 aromatic heterocycles. The molecule has 2 N–H and O–H groups in total. The van der Waals surface area contributed by atoms with E-state index in [1.807, 2.05) is 44.2 Å². The molecule has 0 heterocycles. The molecule has 0 saturated heterocycles. The second kappa shape index (κ2) is 7.33. The minimum absolute atomic E-state index is 0.389. The molecular weight excluding hydrogens is 221 g/mol. The molecule has 1 aromatic carbocycles. The number of nitrogens with two attached hydrogens (primary N) is 1. The monoisotopic (exact) mass is 239 g/mol. The zero-order chi connectivity index (χ0) is 13.4. The number of allylic oxidation sites excluding steroid dienone is 6. The van der Waals surface area contributed by atoms with Crippen LogP contribution in [-0.2, 0) is 0 Å². The quantitative estimate of drug-likeness (QED) is 0.618. The van der Waals surface area contributed by atoms with Crippen molar-refractivity contribution in [3.63, 3.8) is 0 Å². The average molecular weight is 239 g/mol. The molecule has 1 rings (SSSR count). The van der Waals surface area contributed by atoms with Crippen LogP contribution >= 0.6 is 0 Å². The van der Waals surface area contributed by atoms with E-state index in [9.17, 15) is 4.79 Å². The largest absolute Gasteiger partial charge is 0.366 e. The van der Waals surface area contributed by atoms with Gasteiger partial charge in [0, 0.05) is 5.56 Å². The number of primary amides is 1. The van der Waals surface area contributed by atoms with Crippen molar-refractivity contribution in [3.05, 3.63) is 65.7 Å². The first-order valence-electron chi connectivity index (χ1n) is 6.00. The zero-order valence-electron chi connectivity index (χ0n) is 10.9. The van der Waals surface area contributed by atoms with Gasteiger partial charge in [0.15, 0.2) is 7.28 Å². The molecule has 0 spiro atoms. The van der Waals surface area contributed by atoms with Crippen molar-refractivity contribution in [2.75, 3.05) is 0 Å². The molecule has 3 heteroatoms. The third kappa shape index (κ3) is 4.46. The lowest BCUT2D eigenvalue weighted by Gasteiger charge is -2.02. The molecule has 0 atom stereocenters. The molecule has 0 bridgehead atoms. The van der Waals surface area contributed by atoms with E-state index in [-0.39, 0.29) is 5.91 Å². The van der Waals surface area contributed by atoms with Crippen LogP contribution in [0.25, 0.3) is 0 Å². The second-order valence-corrected chi connectivity index (χ2v) is 4.01. The van der Waals surface area contributed by atoms with Crippen LogP contribution in [0.15, 0.2) is 60.1 Å². The van der Waals surface area contributed by atoms with Gasteiger partial charge >= 0.3 is 0 Å². The third-order valence-corrected chi connectivity index (χ3v) is 2.53. The Bertz CT molecular complexity index is 484. The number of benzene rings is 1. The Morgan fingerprint density at radius 2 is 1.83 bits per heavy atom. The van der Waals surface area contributed by atoms with Crippen LogP contribution in [0, 0.1) is 0 Å². The summed E-state index contributed by atoms with van der Waals surface area (Å²) in [6.45, 7) is 3.99. The summed E-state index contributed by atoms with van der Waals surface area (Å²) in [5.74, 6) is -0.389. The fourth-order valence-corrected chi connectivity index (χ4v) is 1.63. The molecule has 0 saturated carbocycles. The Kier molecular flexibility index (Phi) is 5.72. The van der Waals surface area contributed by atoms with Gasteiger partial charge < -0.3 is 5.73 Å². The van der Waals surface area contributed by atoms with Crippen LogP contribution in [0.5, 0.6) is 0 Å². The highest BCUT2D eigenvalue weighted by Crippen LogP contribution is 1.99. The topological polar surface area (TPSA) is 43.1 Å². The highest BCUT2D eigenvalue weighted by Gasteiger charge is 2.02. The summed E-state index contributed by atoms with van der Waals surface area (Å²) < 4.78 is 0. The molecule has 1 amide bonds. The summed E-state index contributed by atoms with van der Waals surface area (Å²) >= 11 is 0. The predicted molar refractivity (Wildman–Crippen MR) is 79.5 cm³/mol. The Labute approximate surface area is 109 Å². The molecule has 18 heavy (non-hydrogen) atoms. The Balaban J connectivity index is 2.84. The van der Waals surface area contributed by atoms with Crippen LogP contribution in [0.2, 0.25) is 0 Å². The van der Waals surface area contributed by atoms with Gasteiger partial charge in [0.2, 0.25) is 5.91 Å². The number of hydrogen-bond acceptors (Lipinski definition) is 1. The summed E-state index contributed by atoms with van der Waals surface area (Å²) in [4.78, 5) is 11.0. The van der Waals surface area contributed by atoms with Gasteiger partial charge in [-0.25, -0.2) is 0 Å². The zero-order valence-corrected chi connectivity index (χ0v) is 10.9. The Morgan fingerprint density at radius 1 is 1.17 bits per heavy atom. The van der Waals surface area contributed by atoms with E-state index in [4.69, 9.17) is 5.73 Å². The van der Waals surface area contributed by atoms with Gasteiger partial charge in [-0.1, -0.05) is 65.6 Å². The lowest BCUT2D eigenvalue weighted by atomic mass is 9.63. The van der Waals surface area contributed by atoms with E-state index in [0.717, 1.165) is 12.7 Å². The molecule has 2 nitrogen and oxygen atoms in total. The summed E-state index contributed by atoms with van der Waals surface area (Å²) in [5, 5.41) is 0. The number of hydrogen-bond donors (Lipinski definition) is 1. The molecule has 0 aliphatic carbocycles. The van der Waals surface area contributed by atoms with Crippen LogP contribution < -0.4 is 11.2 Å². The third-order valence-electron chi connectivity index (χ3n) is 2.53. The minimum Gasteiger partial charge on any atom is -0.366 e. The maximum Gasteiger partial charge on any atom is 0.248 e. The molecule has 0 fully saturated rings. The van der Waals surface area contributed by atoms with Crippen molar-refractivity contribution < 1.29 is 4.79 Å². The molecule has 0 unspecified atom stereocenters. The molecular formula is C15H18BNO. The average Bonchev–Trinajstić information content (AvgIpc) is 2.37. The van der Waals surface area contributed by atoms with Gasteiger partial charge in [0.1, 0.15) is 0 Å². The predicted octanol–water partition coefficient (Wildman–Crippen LogP) is 1.88. The van der Waals surface area contributed by atoms with Crippen LogP contribution in [0.4, 0.5) is 0 Å². The van der Waals surface area contributed by atoms with Gasteiger partial charge in [-0.15, -0.1) is 0 Å². The van der Waals surface area contributed by atoms with Gasteiger partial charge in [-0.05, 0) is 13.8 Å². The molecule has 0 aliphatic rings. The van der Waals surface area contributed by atoms with Crippen LogP contribution in [-0.4, -0.2) is 13.2 Å². The first-order chi connectivity index (χ1) is 8.67. The first-order valence-corrected chi connectivity index (χ1v) is 6.00. The molecule has 92 valence electrons. The Morgan fingerprint density at radius 3 is 2.33 bits per heavy atom. The standard InChI is InChI=1S/C15H18BNO/c1-3-5-7-13(6-4-2)16-14-10-8-12(9-11-14)15(17)18/h3-11,16H,1-2H3,(H2,17,18)/b5-3-,6-4-,13-7+. The summed E-state index contributed by atoms with van der Waals surface area (Å²) in [6, 6.07) is 7.40. The van der Waals surface area contributed by atoms with E-state index in [2.05, 4.69) is 12.2 Å². The highest BCUT2D eigenvalue weighted by molar-refractivity contribution is 6.61. The fraction of sp³-hybridized carbons (Fsp3) is 0.133. The van der Waals surface area contributed by atoms with Crippen molar-refractivity contribution in [1.82, 2.24) is 0 Å². The number of carbonyl (C=O) groups is 1. The SMILES string of the molecule is C\C=C/C=C(Bc1ccc(C(N)=O)cc1)\C=C/C. The molecule has 0 aliphatic heterocycles. The second-order valence-electron chi connectivity index (χ2n) is 4.01. The maximum absolute atomic E-state index is 11.0. The van der Waals surface area contributed by atoms with E-state index in [1.54, 1.807) is 12.1 Å². The van der Waals surface area contributed by atoms with Crippen LogP contribution in [0.1, 0.15) is 24.2 Å². The summed E-state index contributed by atoms with van der Waals surface area (Å²) in [7, 11) is 0.841. The van der Waals surface area contributed by atoms with Gasteiger partial charge in [0.05, 0.1) is 0 Å². The van der Waals surface area contributed by atoms with Gasteiger partial charge in [0.25, 0.3) is 0 Å². The van der Waals surface area contributed by atoms with E-state index < -0.39 is 0 Å². The highest BCUT2D eigenvalue weighted by atomic mass is 16.1. The van der Waals surface area contributed by atoms with Crippen molar-refractivity contribution in [2.24, 2.45) is 5.73 Å². The lowest BCUT2D eigenvalue weighted by Crippen LogP contribution is -2.17. The van der Waals surface area contributed by atoms with Gasteiger partial charge in [-0.2, -0.15) is 0 Å². The number of carbonyl (C=O) groups excluding carboxylic acids is 1. The van der Waals surface area contributed by atoms with Crippen molar-refractivity contribution in [2.45, 2.75) is 13.8 Å². The van der Waals surface area contributed by atoms with Crippen molar-refractivity contribution in [1.29, 1.82) is 0 Å². The lowest BCUT2D eigenvalue weighted by molar-refractivity contribution is 0.100. The smallest absolute Gasteiger partial charge is 0.248 e. The first kappa shape index (κ1) is 14.0. The van der Waals surface area contributed by atoms with Crippen molar-refractivity contribution in [3.8, 4) is 0 Å². The Hall–Kier alpha value is -2.03. The molecule has 0 radical (unpaired) electrons. The fourth-order valence-electron chi connectivity index (χ4n) is 1.63. The minimum atomic E-state index is -0.389. The van der Waals surface area contributed by atoms with Gasteiger partial charge in [-0.3, -0.25) is 4.79 Å². The van der Waals surface area contributed by atoms with E-state index in [1.165, 1.54) is 5.47 Å². The van der Waals surface area contributed by atoms with E-state index in [0.29, 0.717) is 5.56 Å².